The summed E-state index contributed by atoms with van der Waals surface area (Å²) in [6.07, 6.45) is -2.63. The van der Waals surface area contributed by atoms with Gasteiger partial charge >= 0.3 is 0 Å². The number of ether oxygens (including phenoxy) is 1. The van der Waals surface area contributed by atoms with Crippen molar-refractivity contribution in [1.82, 2.24) is 10.3 Å². The highest BCUT2D eigenvalue weighted by atomic mass is 19.3. The van der Waals surface area contributed by atoms with E-state index in [0.29, 0.717) is 18.9 Å². The van der Waals surface area contributed by atoms with Gasteiger partial charge in [-0.1, -0.05) is 18.2 Å². The Balaban J connectivity index is 1.47. The first-order chi connectivity index (χ1) is 18.0. The van der Waals surface area contributed by atoms with Gasteiger partial charge in [-0.3, -0.25) is 4.79 Å². The maximum absolute atomic E-state index is 13.1. The third kappa shape index (κ3) is 5.89. The van der Waals surface area contributed by atoms with Crippen molar-refractivity contribution in [2.45, 2.75) is 13.3 Å². The molecule has 9 heteroatoms. The summed E-state index contributed by atoms with van der Waals surface area (Å²) in [7, 11) is 0. The third-order valence-electron chi connectivity index (χ3n) is 6.78. The minimum absolute atomic E-state index is 0.176. The van der Waals surface area contributed by atoms with Crippen molar-refractivity contribution in [3.05, 3.63) is 71.3 Å². The number of carbonyl (C=O) groups is 1. The number of benzene rings is 2. The predicted molar refractivity (Wildman–Crippen MR) is 142 cm³/mol. The zero-order valence-electron chi connectivity index (χ0n) is 20.8. The summed E-state index contributed by atoms with van der Waals surface area (Å²) in [4.78, 5) is 22.4. The molecule has 1 aromatic heterocycles. The number of halogens is 2. The average Bonchev–Trinajstić information content (AvgIpc) is 2.95. The van der Waals surface area contributed by atoms with E-state index in [1.54, 1.807) is 0 Å². The van der Waals surface area contributed by atoms with Gasteiger partial charge in [-0.2, -0.15) is 0 Å². The predicted octanol–water partition coefficient (Wildman–Crippen LogP) is 4.49. The number of rotatable bonds is 6. The van der Waals surface area contributed by atoms with Crippen LogP contribution in [0, 0.1) is 6.92 Å². The summed E-state index contributed by atoms with van der Waals surface area (Å²) >= 11 is 0. The molecule has 0 atom stereocenters. The number of alkyl halides is 2. The van der Waals surface area contributed by atoms with Crippen LogP contribution in [0.2, 0.25) is 0 Å². The summed E-state index contributed by atoms with van der Waals surface area (Å²) in [5.74, 6) is 1.41. The Labute approximate surface area is 215 Å². The third-order valence-corrected chi connectivity index (χ3v) is 6.78. The molecular weight excluding hydrogens is 476 g/mol. The monoisotopic (exact) mass is 507 g/mol. The van der Waals surface area contributed by atoms with Gasteiger partial charge in [0.25, 0.3) is 12.3 Å². The molecule has 1 amide bonds. The summed E-state index contributed by atoms with van der Waals surface area (Å²) in [5, 5.41) is 6.26. The molecule has 2 aromatic carbocycles. The van der Waals surface area contributed by atoms with Crippen molar-refractivity contribution in [3.8, 4) is 11.1 Å². The lowest BCUT2D eigenvalue weighted by Crippen LogP contribution is -2.44. The number of hydrogen-bond acceptors (Lipinski definition) is 6. The highest BCUT2D eigenvalue weighted by Gasteiger charge is 2.20. The van der Waals surface area contributed by atoms with Crippen molar-refractivity contribution in [1.29, 1.82) is 0 Å². The number of pyridine rings is 1. The Morgan fingerprint density at radius 2 is 1.68 bits per heavy atom. The fraction of sp³-hybridized carbons (Fsp3) is 0.357. The number of aromatic nitrogens is 1. The molecule has 0 radical (unpaired) electrons. The SMILES string of the molecule is Cc1ccc(NC(=O)c2cccc(C(F)F)c2)cc1-c1cc(N2CCNCC2)nc(N2CCOCC2)c1. The zero-order valence-corrected chi connectivity index (χ0v) is 20.8. The Morgan fingerprint density at radius 3 is 2.38 bits per heavy atom. The van der Waals surface area contributed by atoms with Crippen LogP contribution < -0.4 is 20.4 Å². The van der Waals surface area contributed by atoms with Crippen LogP contribution in [0.5, 0.6) is 0 Å². The minimum atomic E-state index is -2.63. The minimum Gasteiger partial charge on any atom is -0.378 e. The molecule has 0 unspecified atom stereocenters. The number of piperazine rings is 1. The molecule has 2 fully saturated rings. The second-order valence-corrected chi connectivity index (χ2v) is 9.32. The number of carbonyl (C=O) groups excluding carboxylic acids is 1. The summed E-state index contributed by atoms with van der Waals surface area (Å²) < 4.78 is 31.7. The van der Waals surface area contributed by atoms with Gasteiger partial charge in [0.15, 0.2) is 0 Å². The normalized spacial score (nSPS) is 16.2. The van der Waals surface area contributed by atoms with Crippen LogP contribution in [0.3, 0.4) is 0 Å². The molecule has 3 heterocycles. The molecule has 5 rings (SSSR count). The average molecular weight is 508 g/mol. The van der Waals surface area contributed by atoms with E-state index in [-0.39, 0.29) is 11.1 Å². The van der Waals surface area contributed by atoms with Gasteiger partial charge in [0, 0.05) is 56.1 Å². The molecule has 2 aliphatic heterocycles. The van der Waals surface area contributed by atoms with E-state index >= 15 is 0 Å². The molecule has 0 spiro atoms. The largest absolute Gasteiger partial charge is 0.378 e. The quantitative estimate of drug-likeness (QED) is 0.512. The maximum atomic E-state index is 13.1. The van der Waals surface area contributed by atoms with Crippen molar-refractivity contribution >= 4 is 23.2 Å². The Bertz CT molecular complexity index is 1220. The van der Waals surface area contributed by atoms with Crippen molar-refractivity contribution in [3.63, 3.8) is 0 Å². The second kappa shape index (κ2) is 11.2. The van der Waals surface area contributed by atoms with E-state index < -0.39 is 12.3 Å². The van der Waals surface area contributed by atoms with Crippen LogP contribution in [0.15, 0.2) is 54.6 Å². The second-order valence-electron chi connectivity index (χ2n) is 9.32. The van der Waals surface area contributed by atoms with Gasteiger partial charge in [-0.25, -0.2) is 13.8 Å². The Morgan fingerprint density at radius 1 is 0.973 bits per heavy atom. The van der Waals surface area contributed by atoms with Crippen molar-refractivity contribution in [2.24, 2.45) is 0 Å². The van der Waals surface area contributed by atoms with Crippen molar-refractivity contribution in [2.75, 3.05) is 67.6 Å². The van der Waals surface area contributed by atoms with E-state index in [9.17, 15) is 13.6 Å². The fourth-order valence-corrected chi connectivity index (χ4v) is 4.70. The van der Waals surface area contributed by atoms with E-state index in [1.807, 2.05) is 25.1 Å². The number of nitrogens with zero attached hydrogens (tertiary/aromatic N) is 3. The topological polar surface area (TPSA) is 69.7 Å². The van der Waals surface area contributed by atoms with Gasteiger partial charge in [0.05, 0.1) is 13.2 Å². The number of amides is 1. The number of aryl methyl sites for hydroxylation is 1. The molecule has 0 saturated carbocycles. The molecule has 7 nitrogen and oxygen atoms in total. The molecule has 3 aromatic rings. The molecule has 2 aliphatic rings. The first-order valence-corrected chi connectivity index (χ1v) is 12.6. The lowest BCUT2D eigenvalue weighted by molar-refractivity contribution is 0.102. The summed E-state index contributed by atoms with van der Waals surface area (Å²) in [6.45, 7) is 8.51. The van der Waals surface area contributed by atoms with Gasteiger partial charge < -0.3 is 25.2 Å². The van der Waals surface area contributed by atoms with Gasteiger partial charge in [-0.15, -0.1) is 0 Å². The summed E-state index contributed by atoms with van der Waals surface area (Å²) in [5.41, 5.74) is 3.67. The maximum Gasteiger partial charge on any atom is 0.263 e. The molecule has 194 valence electrons. The van der Waals surface area contributed by atoms with Crippen LogP contribution in [0.1, 0.15) is 27.9 Å². The Hall–Kier alpha value is -3.56. The van der Waals surface area contributed by atoms with Crippen LogP contribution >= 0.6 is 0 Å². The highest BCUT2D eigenvalue weighted by molar-refractivity contribution is 6.04. The zero-order chi connectivity index (χ0) is 25.8. The number of hydrogen-bond donors (Lipinski definition) is 2. The lowest BCUT2D eigenvalue weighted by atomic mass is 9.99. The van der Waals surface area contributed by atoms with Gasteiger partial charge in [0.2, 0.25) is 0 Å². The lowest BCUT2D eigenvalue weighted by Gasteiger charge is -2.32. The van der Waals surface area contributed by atoms with E-state index in [0.717, 1.165) is 67.6 Å². The molecule has 0 aliphatic carbocycles. The van der Waals surface area contributed by atoms with Crippen LogP contribution in [0.25, 0.3) is 11.1 Å². The number of morpholine rings is 1. The van der Waals surface area contributed by atoms with E-state index in [2.05, 4.69) is 32.6 Å². The standard InChI is InChI=1S/C28H31F2N5O2/c1-19-5-6-23(32-28(36)21-4-2-3-20(15-21)27(29)30)18-24(19)22-16-25(34-9-7-31-8-10-34)33-26(17-22)35-11-13-37-14-12-35/h2-6,15-18,27,31H,7-14H2,1H3,(H,32,36). The number of nitrogens with one attached hydrogen (secondary N) is 2. The Kier molecular flexibility index (Phi) is 7.62. The van der Waals surface area contributed by atoms with Crippen LogP contribution in [0.4, 0.5) is 26.1 Å². The fourth-order valence-electron chi connectivity index (χ4n) is 4.70. The smallest absolute Gasteiger partial charge is 0.263 e. The van der Waals surface area contributed by atoms with Gasteiger partial charge in [0.1, 0.15) is 11.6 Å². The number of anilines is 3. The van der Waals surface area contributed by atoms with Crippen molar-refractivity contribution < 1.29 is 18.3 Å². The highest BCUT2D eigenvalue weighted by Crippen LogP contribution is 2.33. The first kappa shape index (κ1) is 25.1. The van der Waals surface area contributed by atoms with Crippen LogP contribution in [-0.2, 0) is 4.74 Å². The van der Waals surface area contributed by atoms with E-state index in [4.69, 9.17) is 9.72 Å². The van der Waals surface area contributed by atoms with E-state index in [1.165, 1.54) is 24.3 Å². The molecular formula is C28H31F2N5O2. The molecule has 2 N–H and O–H groups in total. The van der Waals surface area contributed by atoms with Gasteiger partial charge in [-0.05, 0) is 60.0 Å². The molecule has 2 saturated heterocycles. The summed E-state index contributed by atoms with van der Waals surface area (Å²) in [6, 6.07) is 15.5. The first-order valence-electron chi connectivity index (χ1n) is 12.6. The molecule has 0 bridgehead atoms. The van der Waals surface area contributed by atoms with Crippen LogP contribution in [-0.4, -0.2) is 63.4 Å². The molecule has 37 heavy (non-hydrogen) atoms.